The summed E-state index contributed by atoms with van der Waals surface area (Å²) in [5.41, 5.74) is 3.48. The van der Waals surface area contributed by atoms with Gasteiger partial charge in [0.1, 0.15) is 5.00 Å². The number of carbonyl (C=O) groups excluding carboxylic acids is 2. The summed E-state index contributed by atoms with van der Waals surface area (Å²) in [6.07, 6.45) is 0. The van der Waals surface area contributed by atoms with Gasteiger partial charge in [0.25, 0.3) is 11.8 Å². The number of aryl methyl sites for hydroxylation is 1. The topological polar surface area (TPSA) is 102 Å². The average molecular weight is 447 g/mol. The maximum atomic E-state index is 12.9. The average Bonchev–Trinajstić information content (AvgIpc) is 3.42. The van der Waals surface area contributed by atoms with Gasteiger partial charge in [-0.3, -0.25) is 9.59 Å². The first-order chi connectivity index (χ1) is 15.4. The predicted octanol–water partition coefficient (Wildman–Crippen LogP) is 4.57. The Morgan fingerprint density at radius 3 is 2.47 bits per heavy atom. The van der Waals surface area contributed by atoms with Crippen molar-refractivity contribution in [2.24, 2.45) is 7.05 Å². The summed E-state index contributed by atoms with van der Waals surface area (Å²) in [5.74, 6) is 0.412. The third kappa shape index (κ3) is 4.57. The van der Waals surface area contributed by atoms with Crippen molar-refractivity contribution in [3.8, 4) is 11.4 Å². The quantitative estimate of drug-likeness (QED) is 0.452. The number of amides is 2. The molecular weight excluding hydrogens is 424 g/mol. The number of hydrogen-bond donors (Lipinski definition) is 2. The summed E-state index contributed by atoms with van der Waals surface area (Å²) >= 11 is 1.30. The van der Waals surface area contributed by atoms with Crippen molar-refractivity contribution in [3.63, 3.8) is 0 Å². The third-order valence-corrected chi connectivity index (χ3v) is 5.81. The Bertz CT molecular complexity index is 1260. The largest absolute Gasteiger partial charge is 0.322 e. The molecule has 0 atom stereocenters. The summed E-state index contributed by atoms with van der Waals surface area (Å²) in [5, 5.41) is 19.5. The fourth-order valence-electron chi connectivity index (χ4n) is 3.19. The van der Waals surface area contributed by atoms with Crippen LogP contribution in [0.2, 0.25) is 0 Å². The van der Waals surface area contributed by atoms with Crippen molar-refractivity contribution in [1.29, 1.82) is 0 Å². The van der Waals surface area contributed by atoms with Gasteiger partial charge < -0.3 is 10.6 Å². The predicted molar refractivity (Wildman–Crippen MR) is 125 cm³/mol. The Kier molecular flexibility index (Phi) is 6.09. The van der Waals surface area contributed by atoms with Gasteiger partial charge >= 0.3 is 0 Å². The SMILES string of the molecule is CC(C)c1ccc(C(=O)Nc2sccc2C(=O)Nc2cccc(-c3nnnn3C)c2)cc1. The second-order valence-electron chi connectivity index (χ2n) is 7.56. The molecule has 4 rings (SSSR count). The van der Waals surface area contributed by atoms with Crippen molar-refractivity contribution >= 4 is 33.8 Å². The van der Waals surface area contributed by atoms with Crippen LogP contribution in [0.5, 0.6) is 0 Å². The molecule has 0 saturated heterocycles. The summed E-state index contributed by atoms with van der Waals surface area (Å²) in [4.78, 5) is 25.6. The number of rotatable bonds is 6. The molecule has 0 bridgehead atoms. The van der Waals surface area contributed by atoms with Crippen LogP contribution >= 0.6 is 11.3 Å². The molecule has 0 aliphatic carbocycles. The van der Waals surface area contributed by atoms with Gasteiger partial charge in [-0.1, -0.05) is 38.1 Å². The zero-order valence-electron chi connectivity index (χ0n) is 17.9. The first-order valence-corrected chi connectivity index (χ1v) is 10.9. The van der Waals surface area contributed by atoms with Gasteiger partial charge in [0.15, 0.2) is 5.82 Å². The van der Waals surface area contributed by atoms with E-state index in [4.69, 9.17) is 0 Å². The van der Waals surface area contributed by atoms with Crippen LogP contribution in [0.15, 0.2) is 60.0 Å². The second kappa shape index (κ2) is 9.11. The fourth-order valence-corrected chi connectivity index (χ4v) is 3.97. The standard InChI is InChI=1S/C23H22N6O2S/c1-14(2)15-7-9-16(10-8-15)21(30)25-23-19(11-12-32-23)22(31)24-18-6-4-5-17(13-18)20-26-27-28-29(20)3/h4-14H,1-3H3,(H,24,31)(H,25,30). The van der Waals surface area contributed by atoms with Crippen LogP contribution in [-0.2, 0) is 7.05 Å². The number of nitrogens with zero attached hydrogens (tertiary/aromatic N) is 4. The molecule has 2 heterocycles. The van der Waals surface area contributed by atoms with Gasteiger partial charge in [-0.25, -0.2) is 4.68 Å². The van der Waals surface area contributed by atoms with E-state index >= 15 is 0 Å². The lowest BCUT2D eigenvalue weighted by molar-refractivity contribution is 0.102. The highest BCUT2D eigenvalue weighted by molar-refractivity contribution is 7.14. The van der Waals surface area contributed by atoms with Crippen molar-refractivity contribution < 1.29 is 9.59 Å². The van der Waals surface area contributed by atoms with Crippen molar-refractivity contribution in [2.45, 2.75) is 19.8 Å². The Balaban J connectivity index is 1.48. The number of carbonyl (C=O) groups is 2. The highest BCUT2D eigenvalue weighted by Crippen LogP contribution is 2.26. The first-order valence-electron chi connectivity index (χ1n) is 10.1. The molecule has 0 saturated carbocycles. The minimum atomic E-state index is -0.315. The zero-order chi connectivity index (χ0) is 22.7. The van der Waals surface area contributed by atoms with Crippen molar-refractivity contribution in [2.75, 3.05) is 10.6 Å². The van der Waals surface area contributed by atoms with Crippen molar-refractivity contribution in [1.82, 2.24) is 20.2 Å². The Hall–Kier alpha value is -3.85. The van der Waals surface area contributed by atoms with Crippen LogP contribution in [0.1, 0.15) is 46.0 Å². The van der Waals surface area contributed by atoms with E-state index in [1.54, 1.807) is 47.4 Å². The maximum absolute atomic E-state index is 12.9. The number of anilines is 2. The molecule has 8 nitrogen and oxygen atoms in total. The van der Waals surface area contributed by atoms with Gasteiger partial charge in [-0.15, -0.1) is 16.4 Å². The molecular formula is C23H22N6O2S. The molecule has 0 aliphatic rings. The minimum Gasteiger partial charge on any atom is -0.322 e. The van der Waals surface area contributed by atoms with Crippen LogP contribution in [0.3, 0.4) is 0 Å². The van der Waals surface area contributed by atoms with Gasteiger partial charge in [-0.2, -0.15) is 0 Å². The second-order valence-corrected chi connectivity index (χ2v) is 8.47. The molecule has 4 aromatic rings. The van der Waals surface area contributed by atoms with E-state index in [0.717, 1.165) is 11.1 Å². The van der Waals surface area contributed by atoms with E-state index < -0.39 is 0 Å². The molecule has 0 aliphatic heterocycles. The third-order valence-electron chi connectivity index (χ3n) is 4.98. The van der Waals surface area contributed by atoms with Crippen LogP contribution in [0.4, 0.5) is 10.7 Å². The molecule has 2 amide bonds. The number of benzene rings is 2. The number of aromatic nitrogens is 4. The molecule has 2 aromatic heterocycles. The van der Waals surface area contributed by atoms with Gasteiger partial charge in [0.05, 0.1) is 5.56 Å². The summed E-state index contributed by atoms with van der Waals surface area (Å²) in [7, 11) is 1.75. The smallest absolute Gasteiger partial charge is 0.258 e. The molecule has 2 N–H and O–H groups in total. The maximum Gasteiger partial charge on any atom is 0.258 e. The van der Waals surface area contributed by atoms with E-state index in [9.17, 15) is 9.59 Å². The number of tetrazole rings is 1. The van der Waals surface area contributed by atoms with Crippen LogP contribution in [0.25, 0.3) is 11.4 Å². The van der Waals surface area contributed by atoms with E-state index in [1.165, 1.54) is 11.3 Å². The van der Waals surface area contributed by atoms with Gasteiger partial charge in [0, 0.05) is 23.9 Å². The van der Waals surface area contributed by atoms with E-state index in [-0.39, 0.29) is 11.8 Å². The molecule has 0 unspecified atom stereocenters. The fraction of sp³-hybridized carbons (Fsp3) is 0.174. The Labute approximate surface area is 189 Å². The summed E-state index contributed by atoms with van der Waals surface area (Å²) in [6.45, 7) is 4.21. The molecule has 2 aromatic carbocycles. The molecule has 0 radical (unpaired) electrons. The monoisotopic (exact) mass is 446 g/mol. The Morgan fingerprint density at radius 2 is 1.78 bits per heavy atom. The van der Waals surface area contributed by atoms with E-state index in [1.807, 2.05) is 24.3 Å². The van der Waals surface area contributed by atoms with E-state index in [0.29, 0.717) is 33.6 Å². The van der Waals surface area contributed by atoms with Crippen LogP contribution < -0.4 is 10.6 Å². The van der Waals surface area contributed by atoms with Crippen LogP contribution in [0, 0.1) is 0 Å². The number of nitrogens with one attached hydrogen (secondary N) is 2. The molecule has 162 valence electrons. The molecule has 0 spiro atoms. The summed E-state index contributed by atoms with van der Waals surface area (Å²) in [6, 6.07) is 16.4. The van der Waals surface area contributed by atoms with Crippen molar-refractivity contribution in [3.05, 3.63) is 76.7 Å². The van der Waals surface area contributed by atoms with E-state index in [2.05, 4.69) is 40.0 Å². The lowest BCUT2D eigenvalue weighted by atomic mass is 10.0. The minimum absolute atomic E-state index is 0.256. The van der Waals surface area contributed by atoms with Crippen LogP contribution in [-0.4, -0.2) is 32.0 Å². The zero-order valence-corrected chi connectivity index (χ0v) is 18.7. The van der Waals surface area contributed by atoms with Gasteiger partial charge in [-0.05, 0) is 57.6 Å². The Morgan fingerprint density at radius 1 is 1.00 bits per heavy atom. The number of hydrogen-bond acceptors (Lipinski definition) is 6. The lowest BCUT2D eigenvalue weighted by Gasteiger charge is -2.10. The first kappa shape index (κ1) is 21.4. The number of thiophene rings is 1. The lowest BCUT2D eigenvalue weighted by Crippen LogP contribution is -2.16. The highest BCUT2D eigenvalue weighted by Gasteiger charge is 2.17. The molecule has 0 fully saturated rings. The normalized spacial score (nSPS) is 10.9. The highest BCUT2D eigenvalue weighted by atomic mass is 32.1. The molecule has 32 heavy (non-hydrogen) atoms. The summed E-state index contributed by atoms with van der Waals surface area (Å²) < 4.78 is 1.56. The molecule has 9 heteroatoms. The van der Waals surface area contributed by atoms with Gasteiger partial charge in [0.2, 0.25) is 0 Å².